The summed E-state index contributed by atoms with van der Waals surface area (Å²) in [6, 6.07) is 19.4. The second-order valence-electron chi connectivity index (χ2n) is 9.51. The van der Waals surface area contributed by atoms with E-state index in [4.69, 9.17) is 5.10 Å². The number of nitrogens with one attached hydrogen (secondary N) is 1. The van der Waals surface area contributed by atoms with Gasteiger partial charge in [0, 0.05) is 59.3 Å². The zero-order valence-electron chi connectivity index (χ0n) is 20.8. The van der Waals surface area contributed by atoms with Gasteiger partial charge in [-0.1, -0.05) is 24.3 Å². The van der Waals surface area contributed by atoms with Gasteiger partial charge in [-0.3, -0.25) is 14.8 Å². The third-order valence-corrected chi connectivity index (χ3v) is 6.20. The van der Waals surface area contributed by atoms with Gasteiger partial charge in [0.15, 0.2) is 0 Å². The number of nitro benzene ring substituents is 1. The van der Waals surface area contributed by atoms with Gasteiger partial charge in [-0.05, 0) is 68.9 Å². The maximum atomic E-state index is 11.1. The Hall–Kier alpha value is -4.30. The summed E-state index contributed by atoms with van der Waals surface area (Å²) in [6.07, 6.45) is 3.84. The Morgan fingerprint density at radius 3 is 2.33 bits per heavy atom. The lowest BCUT2D eigenvalue weighted by molar-refractivity contribution is -0.384. The first-order chi connectivity index (χ1) is 17.3. The fourth-order valence-electron chi connectivity index (χ4n) is 4.38. The minimum atomic E-state index is -0.391. The van der Waals surface area contributed by atoms with Crippen LogP contribution in [-0.4, -0.2) is 43.7 Å². The van der Waals surface area contributed by atoms with Crippen LogP contribution in [0.25, 0.3) is 44.7 Å². The molecule has 0 atom stereocenters. The van der Waals surface area contributed by atoms with Gasteiger partial charge in [0.2, 0.25) is 0 Å². The quantitative estimate of drug-likeness (QED) is 0.218. The third kappa shape index (κ3) is 4.50. The van der Waals surface area contributed by atoms with E-state index in [1.165, 1.54) is 17.7 Å². The molecule has 0 bridgehead atoms. The molecule has 0 aliphatic rings. The summed E-state index contributed by atoms with van der Waals surface area (Å²) in [5, 5.41) is 17.0. The van der Waals surface area contributed by atoms with Crippen LogP contribution in [0.15, 0.2) is 73.1 Å². The van der Waals surface area contributed by atoms with E-state index < -0.39 is 4.92 Å². The number of nitro groups is 1. The fraction of sp³-hybridized carbons (Fsp3) is 0.214. The smallest absolute Gasteiger partial charge is 0.269 e. The van der Waals surface area contributed by atoms with Crippen LogP contribution in [0, 0.1) is 10.1 Å². The van der Waals surface area contributed by atoms with Crippen LogP contribution in [-0.2, 0) is 6.54 Å². The van der Waals surface area contributed by atoms with Crippen molar-refractivity contribution in [1.82, 2.24) is 24.6 Å². The Labute approximate surface area is 209 Å². The molecule has 0 unspecified atom stereocenters. The molecule has 0 fully saturated rings. The fourth-order valence-corrected chi connectivity index (χ4v) is 4.38. The molecule has 0 amide bonds. The zero-order chi connectivity index (χ0) is 25.4. The Balaban J connectivity index is 1.60. The summed E-state index contributed by atoms with van der Waals surface area (Å²) in [7, 11) is 4.12. The van der Waals surface area contributed by atoms with Gasteiger partial charge in [0.25, 0.3) is 5.69 Å². The first-order valence-electron chi connectivity index (χ1n) is 11.9. The Morgan fingerprint density at radius 1 is 1.00 bits per heavy atom. The number of benzene rings is 2. The molecular weight excluding hydrogens is 452 g/mol. The number of rotatable bonds is 7. The largest absolute Gasteiger partial charge is 0.339 e. The van der Waals surface area contributed by atoms with Gasteiger partial charge in [0.05, 0.1) is 4.92 Å². The molecule has 1 N–H and O–H groups in total. The molecule has 0 saturated heterocycles. The second kappa shape index (κ2) is 9.39. The van der Waals surface area contributed by atoms with Crippen molar-refractivity contribution in [2.24, 2.45) is 0 Å². The molecule has 0 aliphatic heterocycles. The summed E-state index contributed by atoms with van der Waals surface area (Å²) in [5.41, 5.74) is 7.77. The van der Waals surface area contributed by atoms with Gasteiger partial charge in [0.1, 0.15) is 11.3 Å². The number of H-pyrrole nitrogens is 1. The van der Waals surface area contributed by atoms with E-state index in [1.54, 1.807) is 18.3 Å². The molecule has 5 aromatic rings. The van der Waals surface area contributed by atoms with Crippen molar-refractivity contribution in [2.45, 2.75) is 26.4 Å². The Kier molecular flexibility index (Phi) is 6.12. The average molecular weight is 481 g/mol. The maximum absolute atomic E-state index is 11.1. The summed E-state index contributed by atoms with van der Waals surface area (Å²) >= 11 is 0. The lowest BCUT2D eigenvalue weighted by Gasteiger charge is -2.09. The highest BCUT2D eigenvalue weighted by Gasteiger charge is 2.19. The highest BCUT2D eigenvalue weighted by molar-refractivity contribution is 5.99. The molecule has 5 rings (SSSR count). The number of hydrogen-bond donors (Lipinski definition) is 1. The second-order valence-corrected chi connectivity index (χ2v) is 9.51. The van der Waals surface area contributed by atoms with Crippen LogP contribution in [0.4, 0.5) is 5.69 Å². The van der Waals surface area contributed by atoms with Crippen LogP contribution in [0.5, 0.6) is 0 Å². The summed E-state index contributed by atoms with van der Waals surface area (Å²) in [6.45, 7) is 5.05. The minimum absolute atomic E-state index is 0.0572. The van der Waals surface area contributed by atoms with Crippen LogP contribution in [0.3, 0.4) is 0 Å². The molecule has 182 valence electrons. The van der Waals surface area contributed by atoms with E-state index >= 15 is 0 Å². The van der Waals surface area contributed by atoms with Crippen molar-refractivity contribution >= 4 is 16.7 Å². The van der Waals surface area contributed by atoms with Crippen LogP contribution in [0.2, 0.25) is 0 Å². The average Bonchev–Trinajstić information content (AvgIpc) is 3.49. The first-order valence-corrected chi connectivity index (χ1v) is 11.9. The number of non-ortho nitro benzene ring substituents is 1. The molecule has 36 heavy (non-hydrogen) atoms. The predicted octanol–water partition coefficient (Wildman–Crippen LogP) is 6.31. The van der Waals surface area contributed by atoms with Crippen molar-refractivity contribution in [1.29, 1.82) is 0 Å². The topological polar surface area (TPSA) is 92.9 Å². The lowest BCUT2D eigenvalue weighted by Crippen LogP contribution is -2.10. The first kappa shape index (κ1) is 23.4. The molecular formula is C28H28N6O2. The number of aromatic nitrogens is 4. The van der Waals surface area contributed by atoms with Crippen molar-refractivity contribution in [3.63, 3.8) is 0 Å². The van der Waals surface area contributed by atoms with Crippen molar-refractivity contribution in [2.75, 3.05) is 14.1 Å². The van der Waals surface area contributed by atoms with E-state index in [9.17, 15) is 10.1 Å². The highest BCUT2D eigenvalue weighted by atomic mass is 16.6. The monoisotopic (exact) mass is 480 g/mol. The van der Waals surface area contributed by atoms with Crippen molar-refractivity contribution in [3.05, 3.63) is 88.7 Å². The standard InChI is InChI=1S/C28H28N6O2/c1-18(2)33-17-25(27(31-33)21-9-11-22(12-10-21)34(35)36)23-13-14-29-28-24(23)15-26(30-28)20-7-5-19(6-8-20)16-32(3)4/h5-15,17-18H,16H2,1-4H3,(H,29,30). The van der Waals surface area contributed by atoms with Crippen LogP contribution < -0.4 is 0 Å². The number of fused-ring (bicyclic) bond motifs is 1. The highest BCUT2D eigenvalue weighted by Crippen LogP contribution is 2.37. The predicted molar refractivity (Wildman–Crippen MR) is 143 cm³/mol. The lowest BCUT2D eigenvalue weighted by atomic mass is 10.00. The maximum Gasteiger partial charge on any atom is 0.269 e. The van der Waals surface area contributed by atoms with Gasteiger partial charge in [-0.15, -0.1) is 0 Å². The summed E-state index contributed by atoms with van der Waals surface area (Å²) in [5.74, 6) is 0. The number of nitrogens with zero attached hydrogens (tertiary/aromatic N) is 5. The van der Waals surface area contributed by atoms with Gasteiger partial charge < -0.3 is 9.88 Å². The number of aromatic amines is 1. The molecule has 0 radical (unpaired) electrons. The number of hydrogen-bond acceptors (Lipinski definition) is 5. The van der Waals surface area contributed by atoms with E-state index in [0.29, 0.717) is 0 Å². The molecule has 0 saturated carbocycles. The molecule has 3 aromatic heterocycles. The normalized spacial score (nSPS) is 11.6. The van der Waals surface area contributed by atoms with E-state index in [2.05, 4.69) is 73.1 Å². The van der Waals surface area contributed by atoms with Gasteiger partial charge in [-0.25, -0.2) is 4.98 Å². The van der Waals surface area contributed by atoms with Gasteiger partial charge in [-0.2, -0.15) is 5.10 Å². The zero-order valence-corrected chi connectivity index (χ0v) is 20.8. The third-order valence-electron chi connectivity index (χ3n) is 6.20. The van der Waals surface area contributed by atoms with Crippen molar-refractivity contribution in [3.8, 4) is 33.6 Å². The molecule has 0 aliphatic carbocycles. The SMILES string of the molecule is CC(C)n1cc(-c2ccnc3[nH]c(-c4ccc(CN(C)C)cc4)cc23)c(-c2ccc([N+](=O)[O-])cc2)n1. The Bertz CT molecular complexity index is 1530. The summed E-state index contributed by atoms with van der Waals surface area (Å²) < 4.78 is 1.93. The van der Waals surface area contributed by atoms with E-state index in [1.807, 2.05) is 16.9 Å². The molecule has 0 spiro atoms. The number of pyridine rings is 1. The van der Waals surface area contributed by atoms with Crippen LogP contribution >= 0.6 is 0 Å². The molecule has 3 heterocycles. The molecule has 2 aromatic carbocycles. The van der Waals surface area contributed by atoms with Crippen molar-refractivity contribution < 1.29 is 4.92 Å². The van der Waals surface area contributed by atoms with E-state index in [0.717, 1.165) is 51.2 Å². The summed E-state index contributed by atoms with van der Waals surface area (Å²) in [4.78, 5) is 20.9. The van der Waals surface area contributed by atoms with Gasteiger partial charge >= 0.3 is 0 Å². The molecule has 8 heteroatoms. The Morgan fingerprint density at radius 2 is 1.69 bits per heavy atom. The van der Waals surface area contributed by atoms with Crippen LogP contribution in [0.1, 0.15) is 25.5 Å². The molecule has 8 nitrogen and oxygen atoms in total. The van der Waals surface area contributed by atoms with E-state index in [-0.39, 0.29) is 11.7 Å². The minimum Gasteiger partial charge on any atom is -0.339 e.